The minimum atomic E-state index is -0.915. The van der Waals surface area contributed by atoms with Gasteiger partial charge in [0.2, 0.25) is 0 Å². The van der Waals surface area contributed by atoms with E-state index in [1.165, 1.54) is 0 Å². The summed E-state index contributed by atoms with van der Waals surface area (Å²) in [5, 5.41) is 22.4. The Labute approximate surface area is 86.8 Å². The number of oxime groups is 1. The third-order valence-electron chi connectivity index (χ3n) is 2.93. The maximum atomic E-state index is 10.0. The van der Waals surface area contributed by atoms with Gasteiger partial charge >= 0.3 is 0 Å². The molecule has 0 rings (SSSR count). The van der Waals surface area contributed by atoms with Crippen LogP contribution in [-0.2, 0) is 0 Å². The average molecular weight is 201 g/mol. The van der Waals surface area contributed by atoms with Crippen LogP contribution in [0.15, 0.2) is 5.16 Å². The standard InChI is InChI=1S/C11H23NO2/c1-9(2,3)8(12-14)10(4,5)11(6,7)13/h13-14H,1-7H3/b12-8+. The van der Waals surface area contributed by atoms with Crippen LogP contribution >= 0.6 is 0 Å². The number of aliphatic hydroxyl groups is 1. The van der Waals surface area contributed by atoms with Gasteiger partial charge < -0.3 is 10.3 Å². The van der Waals surface area contributed by atoms with Gasteiger partial charge in [0.1, 0.15) is 0 Å². The first-order chi connectivity index (χ1) is 5.94. The zero-order chi connectivity index (χ0) is 11.8. The monoisotopic (exact) mass is 201 g/mol. The SMILES string of the molecule is CC(C)(C)/C(=N\O)C(C)(C)C(C)(C)O. The lowest BCUT2D eigenvalue weighted by Crippen LogP contribution is -2.49. The van der Waals surface area contributed by atoms with Gasteiger partial charge in [-0.05, 0) is 13.8 Å². The molecule has 0 aliphatic rings. The number of rotatable bonds is 2. The molecular formula is C11H23NO2. The fourth-order valence-electron chi connectivity index (χ4n) is 1.50. The van der Waals surface area contributed by atoms with E-state index in [1.54, 1.807) is 13.8 Å². The second kappa shape index (κ2) is 3.54. The van der Waals surface area contributed by atoms with E-state index >= 15 is 0 Å². The maximum absolute atomic E-state index is 10.0. The zero-order valence-corrected chi connectivity index (χ0v) is 10.3. The topological polar surface area (TPSA) is 52.8 Å². The van der Waals surface area contributed by atoms with Gasteiger partial charge in [-0.3, -0.25) is 0 Å². The summed E-state index contributed by atoms with van der Waals surface area (Å²) in [7, 11) is 0. The van der Waals surface area contributed by atoms with Crippen LogP contribution in [0.1, 0.15) is 48.5 Å². The molecular weight excluding hydrogens is 178 g/mol. The first-order valence-corrected chi connectivity index (χ1v) is 4.90. The van der Waals surface area contributed by atoms with Gasteiger partial charge in [-0.15, -0.1) is 0 Å². The van der Waals surface area contributed by atoms with Gasteiger partial charge in [-0.1, -0.05) is 39.8 Å². The molecule has 2 N–H and O–H groups in total. The molecule has 0 spiro atoms. The lowest BCUT2D eigenvalue weighted by Gasteiger charge is -2.42. The van der Waals surface area contributed by atoms with Crippen LogP contribution in [0.2, 0.25) is 0 Å². The minimum Gasteiger partial charge on any atom is -0.411 e. The normalized spacial score (nSPS) is 15.9. The van der Waals surface area contributed by atoms with Crippen molar-refractivity contribution in [2.75, 3.05) is 0 Å². The van der Waals surface area contributed by atoms with Crippen molar-refractivity contribution < 1.29 is 10.3 Å². The number of nitrogens with zero attached hydrogens (tertiary/aromatic N) is 1. The maximum Gasteiger partial charge on any atom is 0.0708 e. The lowest BCUT2D eigenvalue weighted by atomic mass is 9.66. The fraction of sp³-hybridized carbons (Fsp3) is 0.909. The molecule has 0 aliphatic carbocycles. The van der Waals surface area contributed by atoms with Crippen molar-refractivity contribution in [2.24, 2.45) is 16.0 Å². The molecule has 0 saturated carbocycles. The molecule has 3 heteroatoms. The van der Waals surface area contributed by atoms with E-state index in [1.807, 2.05) is 34.6 Å². The Balaban J connectivity index is 5.29. The van der Waals surface area contributed by atoms with Crippen LogP contribution in [0, 0.1) is 10.8 Å². The van der Waals surface area contributed by atoms with E-state index in [0.29, 0.717) is 5.71 Å². The first-order valence-electron chi connectivity index (χ1n) is 4.90. The summed E-state index contributed by atoms with van der Waals surface area (Å²) in [6, 6.07) is 0. The molecule has 0 aromatic rings. The Morgan fingerprint density at radius 1 is 0.929 bits per heavy atom. The Hall–Kier alpha value is -0.570. The molecule has 0 aromatic carbocycles. The first kappa shape index (κ1) is 13.4. The largest absolute Gasteiger partial charge is 0.411 e. The van der Waals surface area contributed by atoms with Crippen LogP contribution in [0.3, 0.4) is 0 Å². The van der Waals surface area contributed by atoms with Gasteiger partial charge in [0.25, 0.3) is 0 Å². The molecule has 0 radical (unpaired) electrons. The third-order valence-corrected chi connectivity index (χ3v) is 2.93. The summed E-state index contributed by atoms with van der Waals surface area (Å²) in [4.78, 5) is 0. The van der Waals surface area contributed by atoms with Gasteiger partial charge in [0.05, 0.1) is 11.3 Å². The number of hydrogen-bond acceptors (Lipinski definition) is 3. The van der Waals surface area contributed by atoms with E-state index in [-0.39, 0.29) is 5.41 Å². The van der Waals surface area contributed by atoms with E-state index in [0.717, 1.165) is 0 Å². The predicted octanol–water partition coefficient (Wildman–Crippen LogP) is 2.66. The van der Waals surface area contributed by atoms with Gasteiger partial charge in [-0.2, -0.15) is 0 Å². The lowest BCUT2D eigenvalue weighted by molar-refractivity contribution is -0.00221. The summed E-state index contributed by atoms with van der Waals surface area (Å²) in [6.07, 6.45) is 0. The minimum absolute atomic E-state index is 0.252. The number of hydrogen-bond donors (Lipinski definition) is 2. The highest BCUT2D eigenvalue weighted by Crippen LogP contribution is 2.38. The van der Waals surface area contributed by atoms with Crippen LogP contribution in [0.4, 0.5) is 0 Å². The van der Waals surface area contributed by atoms with E-state index in [9.17, 15) is 5.11 Å². The van der Waals surface area contributed by atoms with Crippen LogP contribution < -0.4 is 0 Å². The van der Waals surface area contributed by atoms with Crippen molar-refractivity contribution in [3.8, 4) is 0 Å². The summed E-state index contributed by atoms with van der Waals surface area (Å²) in [5.41, 5.74) is -1.11. The van der Waals surface area contributed by atoms with Gasteiger partial charge in [0, 0.05) is 10.8 Å². The Morgan fingerprint density at radius 2 is 1.29 bits per heavy atom. The molecule has 0 aromatic heterocycles. The smallest absolute Gasteiger partial charge is 0.0708 e. The molecule has 0 saturated heterocycles. The molecule has 0 amide bonds. The highest BCUT2D eigenvalue weighted by atomic mass is 16.4. The highest BCUT2D eigenvalue weighted by Gasteiger charge is 2.44. The van der Waals surface area contributed by atoms with Crippen molar-refractivity contribution in [2.45, 2.75) is 54.1 Å². The Bertz CT molecular complexity index is 229. The van der Waals surface area contributed by atoms with Crippen molar-refractivity contribution in [1.82, 2.24) is 0 Å². The summed E-state index contributed by atoms with van der Waals surface area (Å²) >= 11 is 0. The van der Waals surface area contributed by atoms with Gasteiger partial charge in [0.15, 0.2) is 0 Å². The molecule has 14 heavy (non-hydrogen) atoms. The molecule has 3 nitrogen and oxygen atoms in total. The fourth-order valence-corrected chi connectivity index (χ4v) is 1.50. The summed E-state index contributed by atoms with van der Waals surface area (Å²) < 4.78 is 0. The second-order valence-corrected chi connectivity index (χ2v) is 5.88. The van der Waals surface area contributed by atoms with Crippen LogP contribution in [-0.4, -0.2) is 21.6 Å². The molecule has 84 valence electrons. The Morgan fingerprint density at radius 3 is 1.36 bits per heavy atom. The molecule has 0 unspecified atom stereocenters. The summed E-state index contributed by atoms with van der Waals surface area (Å²) in [5.74, 6) is 0. The molecule has 0 fully saturated rings. The van der Waals surface area contributed by atoms with Crippen molar-refractivity contribution in [3.05, 3.63) is 0 Å². The van der Waals surface area contributed by atoms with E-state index in [2.05, 4.69) is 5.16 Å². The third kappa shape index (κ3) is 2.47. The zero-order valence-electron chi connectivity index (χ0n) is 10.3. The molecule has 0 bridgehead atoms. The van der Waals surface area contributed by atoms with Crippen LogP contribution in [0.5, 0.6) is 0 Å². The van der Waals surface area contributed by atoms with E-state index in [4.69, 9.17) is 5.21 Å². The van der Waals surface area contributed by atoms with Crippen molar-refractivity contribution in [1.29, 1.82) is 0 Å². The quantitative estimate of drug-likeness (QED) is 0.410. The van der Waals surface area contributed by atoms with E-state index < -0.39 is 11.0 Å². The molecule has 0 atom stereocenters. The average Bonchev–Trinajstić information content (AvgIpc) is 1.80. The van der Waals surface area contributed by atoms with Gasteiger partial charge in [-0.25, -0.2) is 0 Å². The molecule has 0 aliphatic heterocycles. The van der Waals surface area contributed by atoms with Crippen molar-refractivity contribution in [3.63, 3.8) is 0 Å². The van der Waals surface area contributed by atoms with Crippen molar-refractivity contribution >= 4 is 5.71 Å². The molecule has 0 heterocycles. The van der Waals surface area contributed by atoms with Crippen LogP contribution in [0.25, 0.3) is 0 Å². The second-order valence-electron chi connectivity index (χ2n) is 5.88. The predicted molar refractivity (Wildman–Crippen MR) is 58.8 cm³/mol. The Kier molecular flexibility index (Phi) is 3.39. The highest BCUT2D eigenvalue weighted by molar-refractivity contribution is 5.94. The summed E-state index contributed by atoms with van der Waals surface area (Å²) in [6.45, 7) is 13.1.